The number of aliphatic hydroxyl groups excluding tert-OH is 2. The molecule has 1 heterocycles. The standard InChI is InChI=1S/C95H182N2O22P2/c1-7-13-19-25-31-37-40-46-52-58-64-70-87(102)114-81(67-61-55-49-43-34-28-22-16-10-4)73-85(100)96-77-95(78-99,80-113-120(106,107)108)79-112-94-91(97-86(101)74-82(68-62-56-50-44-35-29-23-17-11-5)115-88(103)71-65-59-53-47-41-38-32-26-20-14-8-2)93(92(84(76-98)117-94)119-121(109,110)111)118-90(105)75-83(69-63-57-51-45-36-30-24-18-12-6)116-89(104)72-66-60-54-48-42-39-33-27-21-15-9-3/h81-84,91-94,98-99H,7-80H2,1-6H3,(H,96,100)(H,97,101)(H2,106,107,108)(H2,109,110,111)/t81-,82-,83-,84?,91?,92?,93?,94-,95?/m1/s1. The number of carbonyl (C=O) groups excluding carboxylic acids is 6. The topological polar surface area (TPSA) is 356 Å². The van der Waals surface area contributed by atoms with Crippen LogP contribution >= 0.6 is 15.6 Å². The molecule has 24 nitrogen and oxygen atoms in total. The van der Waals surface area contributed by atoms with Crippen molar-refractivity contribution >= 4 is 51.3 Å². The molecule has 1 rings (SSSR count). The van der Waals surface area contributed by atoms with Gasteiger partial charge in [0.15, 0.2) is 12.4 Å². The van der Waals surface area contributed by atoms with Crippen LogP contribution in [0.3, 0.4) is 0 Å². The Morgan fingerprint density at radius 1 is 0.355 bits per heavy atom. The zero-order valence-electron chi connectivity index (χ0n) is 77.6. The molecular formula is C95H182N2O22P2. The SMILES string of the molecule is CCCCCCCCCCCCCC(=O)O[C@H](CCCCCCCCCCC)CC(=O)NCC(CO)(CO[C@@H]1OC(CO)C(OP(=O)(O)O)C(OC(=O)C[C@@H](CCCCCCCCCCC)OC(=O)CCCCCCCCCCCCC)C1NC(=O)C[C@@H](CCCCCCCCCCC)OC(=O)CCCCCCCCCCCCC)COP(=O)(O)O. The molecule has 0 aromatic rings. The summed E-state index contributed by atoms with van der Waals surface area (Å²) >= 11 is 0. The Kier molecular flexibility index (Phi) is 75.7. The van der Waals surface area contributed by atoms with Crippen LogP contribution in [0.2, 0.25) is 0 Å². The molecular weight excluding hydrogens is 1580 g/mol. The number of ether oxygens (including phenoxy) is 6. The second kappa shape index (κ2) is 79.1. The van der Waals surface area contributed by atoms with Gasteiger partial charge in [-0.25, -0.2) is 9.13 Å². The molecule has 0 bridgehead atoms. The summed E-state index contributed by atoms with van der Waals surface area (Å²) < 4.78 is 73.7. The fraction of sp³-hybridized carbons (Fsp3) is 0.937. The second-order valence-corrected chi connectivity index (χ2v) is 37.9. The molecule has 26 heteroatoms. The van der Waals surface area contributed by atoms with Crippen LogP contribution in [0.25, 0.3) is 0 Å². The Balaban J connectivity index is 4.00. The van der Waals surface area contributed by atoms with Gasteiger partial charge in [0.05, 0.1) is 51.1 Å². The number of phosphoric ester groups is 2. The lowest BCUT2D eigenvalue weighted by Gasteiger charge is -2.46. The summed E-state index contributed by atoms with van der Waals surface area (Å²) in [5.74, 6) is -3.96. The van der Waals surface area contributed by atoms with Crippen molar-refractivity contribution in [3.63, 3.8) is 0 Å². The summed E-state index contributed by atoms with van der Waals surface area (Å²) in [5.41, 5.74) is -1.99. The maximum absolute atomic E-state index is 15.1. The van der Waals surface area contributed by atoms with E-state index in [1.165, 1.54) is 141 Å². The molecule has 0 saturated carbocycles. The highest BCUT2D eigenvalue weighted by molar-refractivity contribution is 7.46. The van der Waals surface area contributed by atoms with E-state index in [1.54, 1.807) is 0 Å². The normalized spacial score (nSPS) is 16.9. The average molecular weight is 1770 g/mol. The van der Waals surface area contributed by atoms with Crippen molar-refractivity contribution in [2.45, 2.75) is 534 Å². The van der Waals surface area contributed by atoms with Gasteiger partial charge in [-0.05, 0) is 57.8 Å². The van der Waals surface area contributed by atoms with E-state index < -0.39 is 152 Å². The minimum atomic E-state index is -5.64. The molecule has 9 atom stereocenters. The minimum absolute atomic E-state index is 0.103. The zero-order valence-corrected chi connectivity index (χ0v) is 79.3. The third kappa shape index (κ3) is 68.7. The Morgan fingerprint density at radius 2 is 0.645 bits per heavy atom. The number of carbonyl (C=O) groups is 6. The van der Waals surface area contributed by atoms with Gasteiger partial charge in [-0.1, -0.05) is 388 Å². The number of aliphatic hydroxyl groups is 2. The summed E-state index contributed by atoms with van der Waals surface area (Å²) in [6.07, 6.45) is 52.4. The molecule has 8 N–H and O–H groups in total. The van der Waals surface area contributed by atoms with E-state index in [2.05, 4.69) is 52.2 Å². The lowest BCUT2D eigenvalue weighted by Crippen LogP contribution is -2.67. The van der Waals surface area contributed by atoms with Crippen LogP contribution in [0, 0.1) is 5.41 Å². The van der Waals surface area contributed by atoms with E-state index in [-0.39, 0.29) is 38.5 Å². The highest BCUT2D eigenvalue weighted by Gasteiger charge is 2.53. The monoisotopic (exact) mass is 1770 g/mol. The predicted molar refractivity (Wildman–Crippen MR) is 483 cm³/mol. The molecule has 0 aromatic carbocycles. The van der Waals surface area contributed by atoms with Gasteiger partial charge in [-0.3, -0.25) is 37.8 Å². The van der Waals surface area contributed by atoms with Gasteiger partial charge in [0.1, 0.15) is 36.6 Å². The number of hydrogen-bond acceptors (Lipinski definition) is 18. The number of esters is 4. The number of rotatable bonds is 89. The highest BCUT2D eigenvalue weighted by Crippen LogP contribution is 2.44. The molecule has 0 radical (unpaired) electrons. The van der Waals surface area contributed by atoms with Crippen molar-refractivity contribution in [3.05, 3.63) is 0 Å². The van der Waals surface area contributed by atoms with Gasteiger partial charge < -0.3 is 68.8 Å². The number of nitrogens with one attached hydrogen (secondary N) is 2. The largest absolute Gasteiger partial charge is 0.470 e. The van der Waals surface area contributed by atoms with Gasteiger partial charge >= 0.3 is 39.5 Å². The van der Waals surface area contributed by atoms with Crippen LogP contribution in [-0.4, -0.2) is 147 Å². The summed E-state index contributed by atoms with van der Waals surface area (Å²) in [6.45, 7) is 8.66. The van der Waals surface area contributed by atoms with Crippen LogP contribution in [0.1, 0.15) is 485 Å². The number of hydrogen-bond donors (Lipinski definition) is 8. The third-order valence-corrected chi connectivity index (χ3v) is 24.7. The number of amides is 2. The molecule has 0 aliphatic carbocycles. The number of unbranched alkanes of at least 4 members (excludes halogenated alkanes) is 54. The first kappa shape index (κ1) is 116. The lowest BCUT2D eigenvalue weighted by atomic mass is 9.90. The van der Waals surface area contributed by atoms with E-state index in [4.69, 9.17) is 37.5 Å². The van der Waals surface area contributed by atoms with Crippen molar-refractivity contribution in [2.75, 3.05) is 33.0 Å². The van der Waals surface area contributed by atoms with Crippen molar-refractivity contribution in [1.29, 1.82) is 0 Å². The lowest BCUT2D eigenvalue weighted by molar-refractivity contribution is -0.278. The molecule has 1 fully saturated rings. The van der Waals surface area contributed by atoms with Gasteiger partial charge in [0, 0.05) is 25.8 Å². The Morgan fingerprint density at radius 3 is 0.934 bits per heavy atom. The highest BCUT2D eigenvalue weighted by atomic mass is 31.2. The Labute approximate surface area is 735 Å². The van der Waals surface area contributed by atoms with Gasteiger partial charge in [0.25, 0.3) is 0 Å². The van der Waals surface area contributed by atoms with E-state index in [9.17, 15) is 62.9 Å². The molecule has 1 saturated heterocycles. The fourth-order valence-corrected chi connectivity index (χ4v) is 17.2. The van der Waals surface area contributed by atoms with Crippen LogP contribution in [0.15, 0.2) is 0 Å². The van der Waals surface area contributed by atoms with E-state index in [0.717, 1.165) is 205 Å². The second-order valence-electron chi connectivity index (χ2n) is 35.5. The molecule has 0 aromatic heterocycles. The summed E-state index contributed by atoms with van der Waals surface area (Å²) in [4.78, 5) is 127. The summed E-state index contributed by atoms with van der Waals surface area (Å²) in [5, 5.41) is 28.2. The maximum Gasteiger partial charge on any atom is 0.470 e. The van der Waals surface area contributed by atoms with Gasteiger partial charge in [0.2, 0.25) is 11.8 Å². The summed E-state index contributed by atoms with van der Waals surface area (Å²) in [7, 11) is -11.0. The van der Waals surface area contributed by atoms with Crippen molar-refractivity contribution in [2.24, 2.45) is 5.41 Å². The molecule has 1 aliphatic rings. The van der Waals surface area contributed by atoms with Crippen LogP contribution < -0.4 is 10.6 Å². The third-order valence-electron chi connectivity index (χ3n) is 23.7. The van der Waals surface area contributed by atoms with Gasteiger partial charge in [-0.2, -0.15) is 0 Å². The van der Waals surface area contributed by atoms with E-state index in [0.29, 0.717) is 44.9 Å². The molecule has 1 aliphatic heterocycles. The Hall–Kier alpha value is -3.12. The predicted octanol–water partition coefficient (Wildman–Crippen LogP) is 23.6. The number of phosphoric acid groups is 2. The molecule has 121 heavy (non-hydrogen) atoms. The zero-order chi connectivity index (χ0) is 89.0. The van der Waals surface area contributed by atoms with Gasteiger partial charge in [-0.15, -0.1) is 0 Å². The van der Waals surface area contributed by atoms with E-state index in [1.807, 2.05) is 0 Å². The van der Waals surface area contributed by atoms with Crippen LogP contribution in [0.5, 0.6) is 0 Å². The van der Waals surface area contributed by atoms with E-state index >= 15 is 4.79 Å². The molecule has 2 amide bonds. The van der Waals surface area contributed by atoms with Crippen molar-refractivity contribution in [3.8, 4) is 0 Å². The molecule has 714 valence electrons. The first-order valence-corrected chi connectivity index (χ1v) is 52.8. The van der Waals surface area contributed by atoms with Crippen LogP contribution in [0.4, 0.5) is 0 Å². The maximum atomic E-state index is 15.1. The first-order valence-electron chi connectivity index (χ1n) is 49.8. The smallest absolute Gasteiger partial charge is 0.462 e. The average Bonchev–Trinajstić information content (AvgIpc) is 0.776. The fourth-order valence-electron chi connectivity index (χ4n) is 16.1. The first-order chi connectivity index (χ1) is 58.5. The molecule has 0 spiro atoms. The summed E-state index contributed by atoms with van der Waals surface area (Å²) in [6, 6.07) is -1.86. The van der Waals surface area contributed by atoms with Crippen LogP contribution in [-0.2, 0) is 75.4 Å². The Bertz CT molecular complexity index is 2580. The van der Waals surface area contributed by atoms with Crippen molar-refractivity contribution < 1.29 is 105 Å². The quantitative estimate of drug-likeness (QED) is 0.0121. The minimum Gasteiger partial charge on any atom is -0.462 e. The van der Waals surface area contributed by atoms with Crippen molar-refractivity contribution in [1.82, 2.24) is 10.6 Å². The molecule has 5 unspecified atom stereocenters.